The molecule has 0 radical (unpaired) electrons. The molecule has 6 heteroatoms. The van der Waals surface area contributed by atoms with Crippen molar-refractivity contribution >= 4 is 22.6 Å². The number of hydrogen-bond donors (Lipinski definition) is 1. The summed E-state index contributed by atoms with van der Waals surface area (Å²) in [5.74, 6) is -0.391. The van der Waals surface area contributed by atoms with Crippen LogP contribution < -0.4 is 10.2 Å². The first-order chi connectivity index (χ1) is 8.68. The van der Waals surface area contributed by atoms with Crippen molar-refractivity contribution in [2.45, 2.75) is 6.42 Å². The average Bonchev–Trinajstić information content (AvgIpc) is 2.74. The van der Waals surface area contributed by atoms with Crippen LogP contribution in [0.2, 0.25) is 0 Å². The van der Waals surface area contributed by atoms with Crippen LogP contribution in [0.1, 0.15) is 6.42 Å². The van der Waals surface area contributed by atoms with Crippen molar-refractivity contribution in [3.63, 3.8) is 0 Å². The third kappa shape index (κ3) is 1.53. The fourth-order valence-corrected chi connectivity index (χ4v) is 2.25. The third-order valence-corrected chi connectivity index (χ3v) is 3.22. The maximum Gasteiger partial charge on any atom is 0.321 e. The molecule has 1 saturated heterocycles. The molecule has 0 spiro atoms. The first kappa shape index (κ1) is 11.0. The maximum absolute atomic E-state index is 14.4. The highest BCUT2D eigenvalue weighted by molar-refractivity contribution is 5.95. The molecule has 2 amide bonds. The molecule has 0 unspecified atom stereocenters. The lowest BCUT2D eigenvalue weighted by Crippen LogP contribution is -2.46. The van der Waals surface area contributed by atoms with E-state index < -0.39 is 5.82 Å². The number of aryl methyl sites for hydroxylation is 1. The molecule has 1 aromatic heterocycles. The predicted octanol–water partition coefficient (Wildman–Crippen LogP) is 1.63. The summed E-state index contributed by atoms with van der Waals surface area (Å²) < 4.78 is 16.0. The molecular formula is C12H13FN4O. The molecule has 1 aromatic carbocycles. The van der Waals surface area contributed by atoms with Crippen LogP contribution in [-0.2, 0) is 7.05 Å². The molecule has 2 aromatic rings. The van der Waals surface area contributed by atoms with E-state index in [9.17, 15) is 9.18 Å². The molecule has 1 aliphatic rings. The molecule has 18 heavy (non-hydrogen) atoms. The van der Waals surface area contributed by atoms with Gasteiger partial charge in [0.1, 0.15) is 0 Å². The van der Waals surface area contributed by atoms with E-state index in [2.05, 4.69) is 10.4 Å². The third-order valence-electron chi connectivity index (χ3n) is 3.22. The lowest BCUT2D eigenvalue weighted by atomic mass is 10.2. The lowest BCUT2D eigenvalue weighted by Gasteiger charge is -2.27. The van der Waals surface area contributed by atoms with Gasteiger partial charge in [-0.25, -0.2) is 9.18 Å². The smallest absolute Gasteiger partial charge is 0.321 e. The van der Waals surface area contributed by atoms with Crippen molar-refractivity contribution in [3.8, 4) is 0 Å². The number of nitrogens with zero attached hydrogens (tertiary/aromatic N) is 3. The van der Waals surface area contributed by atoms with Gasteiger partial charge in [-0.3, -0.25) is 9.58 Å². The van der Waals surface area contributed by atoms with E-state index in [0.29, 0.717) is 29.7 Å². The van der Waals surface area contributed by atoms with E-state index in [-0.39, 0.29) is 6.03 Å². The predicted molar refractivity (Wildman–Crippen MR) is 66.0 cm³/mol. The Morgan fingerprint density at radius 3 is 3.06 bits per heavy atom. The summed E-state index contributed by atoms with van der Waals surface area (Å²) in [5.41, 5.74) is 1.03. The average molecular weight is 248 g/mol. The number of fused-ring (bicyclic) bond motifs is 1. The summed E-state index contributed by atoms with van der Waals surface area (Å²) in [5, 5.41) is 7.17. The van der Waals surface area contributed by atoms with Crippen molar-refractivity contribution in [1.29, 1.82) is 0 Å². The molecule has 0 bridgehead atoms. The largest absolute Gasteiger partial charge is 0.338 e. The minimum Gasteiger partial charge on any atom is -0.338 e. The normalized spacial score (nSPS) is 16.1. The molecule has 3 rings (SSSR count). The van der Waals surface area contributed by atoms with Crippen molar-refractivity contribution in [3.05, 3.63) is 24.1 Å². The monoisotopic (exact) mass is 248 g/mol. The molecule has 0 saturated carbocycles. The van der Waals surface area contributed by atoms with Crippen LogP contribution in [0.25, 0.3) is 10.9 Å². The number of amides is 2. The summed E-state index contributed by atoms with van der Waals surface area (Å²) in [6, 6.07) is 3.16. The van der Waals surface area contributed by atoms with Gasteiger partial charge in [0, 0.05) is 20.1 Å². The van der Waals surface area contributed by atoms with Crippen molar-refractivity contribution < 1.29 is 9.18 Å². The Hall–Kier alpha value is -2.11. The summed E-state index contributed by atoms with van der Waals surface area (Å²) in [6.07, 6.45) is 2.30. The van der Waals surface area contributed by atoms with Gasteiger partial charge in [0.25, 0.3) is 0 Å². The number of rotatable bonds is 1. The minimum atomic E-state index is -0.391. The van der Waals surface area contributed by atoms with Gasteiger partial charge >= 0.3 is 6.03 Å². The summed E-state index contributed by atoms with van der Waals surface area (Å²) in [6.45, 7) is 1.18. The first-order valence-corrected chi connectivity index (χ1v) is 5.84. The van der Waals surface area contributed by atoms with E-state index in [1.165, 1.54) is 11.1 Å². The molecular weight excluding hydrogens is 235 g/mol. The Labute approximate surface area is 103 Å². The zero-order chi connectivity index (χ0) is 12.7. The Morgan fingerprint density at radius 2 is 2.28 bits per heavy atom. The Morgan fingerprint density at radius 1 is 1.44 bits per heavy atom. The van der Waals surface area contributed by atoms with Crippen LogP contribution in [0.5, 0.6) is 0 Å². The van der Waals surface area contributed by atoms with Gasteiger partial charge in [-0.05, 0) is 18.6 Å². The van der Waals surface area contributed by atoms with Crippen LogP contribution in [0, 0.1) is 5.82 Å². The lowest BCUT2D eigenvalue weighted by molar-refractivity contribution is 0.242. The van der Waals surface area contributed by atoms with Crippen molar-refractivity contribution in [2.75, 3.05) is 18.0 Å². The van der Waals surface area contributed by atoms with Crippen LogP contribution in [0.4, 0.5) is 14.9 Å². The zero-order valence-electron chi connectivity index (χ0n) is 9.98. The van der Waals surface area contributed by atoms with Gasteiger partial charge in [0.05, 0.1) is 22.8 Å². The molecule has 5 nitrogen and oxygen atoms in total. The maximum atomic E-state index is 14.4. The Kier molecular flexibility index (Phi) is 2.43. The van der Waals surface area contributed by atoms with Gasteiger partial charge in [0.2, 0.25) is 0 Å². The number of benzene rings is 1. The van der Waals surface area contributed by atoms with Gasteiger partial charge < -0.3 is 5.32 Å². The molecule has 2 heterocycles. The van der Waals surface area contributed by atoms with E-state index in [0.717, 1.165) is 6.42 Å². The number of hydrogen-bond acceptors (Lipinski definition) is 2. The van der Waals surface area contributed by atoms with Gasteiger partial charge in [-0.1, -0.05) is 0 Å². The highest BCUT2D eigenvalue weighted by Crippen LogP contribution is 2.27. The highest BCUT2D eigenvalue weighted by Gasteiger charge is 2.23. The summed E-state index contributed by atoms with van der Waals surface area (Å²) in [7, 11) is 1.76. The minimum absolute atomic E-state index is 0.247. The number of halogens is 1. The number of anilines is 1. The van der Waals surface area contributed by atoms with E-state index in [4.69, 9.17) is 0 Å². The second kappa shape index (κ2) is 3.97. The quantitative estimate of drug-likeness (QED) is 0.834. The van der Waals surface area contributed by atoms with E-state index >= 15 is 0 Å². The number of carbonyl (C=O) groups is 1. The molecule has 94 valence electrons. The second-order valence-electron chi connectivity index (χ2n) is 4.34. The SMILES string of the molecule is Cn1ncc2c(F)c(N3CCCNC3=O)ccc21. The van der Waals surface area contributed by atoms with Crippen LogP contribution in [0.3, 0.4) is 0 Å². The van der Waals surface area contributed by atoms with Crippen molar-refractivity contribution in [2.24, 2.45) is 7.05 Å². The molecule has 0 aliphatic carbocycles. The zero-order valence-corrected chi connectivity index (χ0v) is 9.98. The van der Waals surface area contributed by atoms with Gasteiger partial charge in [0.15, 0.2) is 5.82 Å². The molecule has 0 atom stereocenters. The molecule has 1 N–H and O–H groups in total. The fourth-order valence-electron chi connectivity index (χ4n) is 2.25. The number of nitrogens with one attached hydrogen (secondary N) is 1. The van der Waals surface area contributed by atoms with Crippen LogP contribution in [0.15, 0.2) is 18.3 Å². The summed E-state index contributed by atoms with van der Waals surface area (Å²) >= 11 is 0. The second-order valence-corrected chi connectivity index (χ2v) is 4.34. The van der Waals surface area contributed by atoms with Gasteiger partial charge in [-0.2, -0.15) is 5.10 Å². The molecule has 1 aliphatic heterocycles. The number of aromatic nitrogens is 2. The van der Waals surface area contributed by atoms with E-state index in [1.807, 2.05) is 0 Å². The first-order valence-electron chi connectivity index (χ1n) is 5.84. The summed E-state index contributed by atoms with van der Waals surface area (Å²) in [4.78, 5) is 13.2. The number of urea groups is 1. The van der Waals surface area contributed by atoms with Crippen LogP contribution >= 0.6 is 0 Å². The highest BCUT2D eigenvalue weighted by atomic mass is 19.1. The molecule has 1 fully saturated rings. The number of carbonyl (C=O) groups excluding carboxylic acids is 1. The standard InChI is InChI=1S/C12H13FN4O/c1-16-9-3-4-10(11(13)8(9)7-15-16)17-6-2-5-14-12(17)18/h3-4,7H,2,5-6H2,1H3,(H,14,18). The van der Waals surface area contributed by atoms with Crippen LogP contribution in [-0.4, -0.2) is 28.9 Å². The van der Waals surface area contributed by atoms with Crippen molar-refractivity contribution in [1.82, 2.24) is 15.1 Å². The van der Waals surface area contributed by atoms with E-state index in [1.54, 1.807) is 23.9 Å². The topological polar surface area (TPSA) is 50.2 Å². The fraction of sp³-hybridized carbons (Fsp3) is 0.333. The Bertz CT molecular complexity index is 622. The van der Waals surface area contributed by atoms with Gasteiger partial charge in [-0.15, -0.1) is 0 Å². The Balaban J connectivity index is 2.12.